The molecule has 0 aliphatic rings. The topological polar surface area (TPSA) is 86.8 Å². The minimum absolute atomic E-state index is 0.0336. The fourth-order valence-electron chi connectivity index (χ4n) is 4.15. The molecule has 0 aliphatic carbocycles. The van der Waals surface area contributed by atoms with E-state index in [2.05, 4.69) is 5.32 Å². The van der Waals surface area contributed by atoms with Crippen LogP contribution in [0.2, 0.25) is 5.02 Å². The average Bonchev–Trinajstić information content (AvgIpc) is 2.90. The van der Waals surface area contributed by atoms with Crippen molar-refractivity contribution in [1.29, 1.82) is 0 Å². The number of carbonyl (C=O) groups is 2. The number of anilines is 1. The molecule has 1 N–H and O–H groups in total. The number of hydrogen-bond donors (Lipinski definition) is 1. The van der Waals surface area contributed by atoms with Gasteiger partial charge in [-0.2, -0.15) is 0 Å². The number of aryl methyl sites for hydroxylation is 1. The molecule has 208 valence electrons. The lowest BCUT2D eigenvalue weighted by Gasteiger charge is -2.34. The monoisotopic (exact) mass is 569 g/mol. The second kappa shape index (κ2) is 12.7. The van der Waals surface area contributed by atoms with Crippen LogP contribution >= 0.6 is 11.6 Å². The van der Waals surface area contributed by atoms with Gasteiger partial charge >= 0.3 is 0 Å². The van der Waals surface area contributed by atoms with Gasteiger partial charge in [-0.1, -0.05) is 73.1 Å². The van der Waals surface area contributed by atoms with Crippen molar-refractivity contribution >= 4 is 39.1 Å². The van der Waals surface area contributed by atoms with Crippen molar-refractivity contribution in [3.63, 3.8) is 0 Å². The van der Waals surface area contributed by atoms with E-state index in [-0.39, 0.29) is 17.3 Å². The standard InChI is InChI=1S/C30H36ClN3O4S/c1-6-23-14-11-13-19-27(23)34(39(37,38)25-16-8-7-9-17-25)21-28(35)33(20-24-15-10-12-18-26(24)31)22(2)29(36)32-30(3,4)5/h7-19,22H,6,20-21H2,1-5H3,(H,32,36)/t22-/m0/s1. The number of amides is 2. The van der Waals surface area contributed by atoms with Crippen molar-refractivity contribution in [2.75, 3.05) is 10.8 Å². The molecule has 0 aromatic heterocycles. The Morgan fingerprint density at radius 1 is 0.897 bits per heavy atom. The molecule has 3 rings (SSSR count). The molecule has 0 heterocycles. The highest BCUT2D eigenvalue weighted by molar-refractivity contribution is 7.92. The van der Waals surface area contributed by atoms with Crippen LogP contribution in [0.25, 0.3) is 0 Å². The molecule has 7 nitrogen and oxygen atoms in total. The summed E-state index contributed by atoms with van der Waals surface area (Å²) < 4.78 is 29.0. The van der Waals surface area contributed by atoms with Crippen LogP contribution in [-0.2, 0) is 32.6 Å². The van der Waals surface area contributed by atoms with Gasteiger partial charge in [-0.15, -0.1) is 0 Å². The number of carbonyl (C=O) groups excluding carboxylic acids is 2. The van der Waals surface area contributed by atoms with Gasteiger partial charge in [0.2, 0.25) is 11.8 Å². The van der Waals surface area contributed by atoms with Crippen molar-refractivity contribution < 1.29 is 18.0 Å². The Hall–Kier alpha value is -3.36. The molecule has 0 saturated carbocycles. The average molecular weight is 570 g/mol. The highest BCUT2D eigenvalue weighted by atomic mass is 35.5. The first kappa shape index (κ1) is 30.2. The summed E-state index contributed by atoms with van der Waals surface area (Å²) in [5.74, 6) is -0.883. The van der Waals surface area contributed by atoms with Crippen molar-refractivity contribution in [3.8, 4) is 0 Å². The lowest BCUT2D eigenvalue weighted by molar-refractivity contribution is -0.140. The molecule has 3 aromatic rings. The van der Waals surface area contributed by atoms with Gasteiger partial charge in [-0.05, 0) is 69.5 Å². The fraction of sp³-hybridized carbons (Fsp3) is 0.333. The van der Waals surface area contributed by atoms with Crippen molar-refractivity contribution in [2.45, 2.75) is 64.1 Å². The first-order valence-electron chi connectivity index (χ1n) is 12.9. The van der Waals surface area contributed by atoms with Crippen molar-refractivity contribution in [1.82, 2.24) is 10.2 Å². The molecule has 0 saturated heterocycles. The molecule has 0 bridgehead atoms. The van der Waals surface area contributed by atoms with Gasteiger partial charge in [0.25, 0.3) is 10.0 Å². The maximum Gasteiger partial charge on any atom is 0.264 e. The molecular formula is C30H36ClN3O4S. The zero-order chi connectivity index (χ0) is 28.8. The SMILES string of the molecule is CCc1ccccc1N(CC(=O)N(Cc1ccccc1Cl)[C@@H](C)C(=O)NC(C)(C)C)S(=O)(=O)c1ccccc1. The maximum absolute atomic E-state index is 14.0. The van der Waals surface area contributed by atoms with Crippen LogP contribution in [0.1, 0.15) is 45.7 Å². The number of halogens is 1. The molecule has 0 unspecified atom stereocenters. The Morgan fingerprint density at radius 3 is 2.05 bits per heavy atom. The Balaban J connectivity index is 2.08. The van der Waals surface area contributed by atoms with E-state index in [0.29, 0.717) is 22.7 Å². The molecular weight excluding hydrogens is 534 g/mol. The van der Waals surface area contributed by atoms with E-state index in [1.165, 1.54) is 17.0 Å². The largest absolute Gasteiger partial charge is 0.350 e. The molecule has 39 heavy (non-hydrogen) atoms. The third-order valence-corrected chi connectivity index (χ3v) is 8.36. The van der Waals surface area contributed by atoms with E-state index in [9.17, 15) is 18.0 Å². The quantitative estimate of drug-likeness (QED) is 0.353. The second-order valence-corrected chi connectivity index (χ2v) is 12.6. The molecule has 0 aliphatic heterocycles. The molecule has 1 atom stereocenters. The summed E-state index contributed by atoms with van der Waals surface area (Å²) in [6.45, 7) is 8.66. The van der Waals surface area contributed by atoms with Crippen LogP contribution in [-0.4, -0.2) is 43.3 Å². The molecule has 2 amide bonds. The molecule has 3 aromatic carbocycles. The summed E-state index contributed by atoms with van der Waals surface area (Å²) in [6, 6.07) is 21.3. The van der Waals surface area contributed by atoms with Gasteiger partial charge in [0.05, 0.1) is 10.6 Å². The van der Waals surface area contributed by atoms with Crippen LogP contribution in [0.4, 0.5) is 5.69 Å². The first-order chi connectivity index (χ1) is 18.3. The first-order valence-corrected chi connectivity index (χ1v) is 14.7. The number of nitrogens with zero attached hydrogens (tertiary/aromatic N) is 2. The predicted molar refractivity (Wildman–Crippen MR) is 156 cm³/mol. The van der Waals surface area contributed by atoms with Gasteiger partial charge < -0.3 is 10.2 Å². The summed E-state index contributed by atoms with van der Waals surface area (Å²) in [5, 5.41) is 3.36. The van der Waals surface area contributed by atoms with Crippen LogP contribution in [0, 0.1) is 0 Å². The third-order valence-electron chi connectivity index (χ3n) is 6.22. The van der Waals surface area contributed by atoms with E-state index < -0.39 is 34.1 Å². The normalized spacial score (nSPS) is 12.5. The second-order valence-electron chi connectivity index (χ2n) is 10.3. The van der Waals surface area contributed by atoms with E-state index >= 15 is 0 Å². The number of sulfonamides is 1. The van der Waals surface area contributed by atoms with Crippen LogP contribution in [0.5, 0.6) is 0 Å². The van der Waals surface area contributed by atoms with E-state index in [0.717, 1.165) is 9.87 Å². The summed E-state index contributed by atoms with van der Waals surface area (Å²) in [7, 11) is -4.11. The number of benzene rings is 3. The molecule has 0 radical (unpaired) electrons. The zero-order valence-corrected chi connectivity index (χ0v) is 24.6. The predicted octanol–water partition coefficient (Wildman–Crippen LogP) is 5.43. The number of rotatable bonds is 10. The van der Waals surface area contributed by atoms with E-state index in [1.807, 2.05) is 39.8 Å². The van der Waals surface area contributed by atoms with Crippen molar-refractivity contribution in [2.24, 2.45) is 0 Å². The van der Waals surface area contributed by atoms with Gasteiger partial charge in [-0.3, -0.25) is 13.9 Å². The number of hydrogen-bond acceptors (Lipinski definition) is 4. The highest BCUT2D eigenvalue weighted by Gasteiger charge is 2.34. The Morgan fingerprint density at radius 2 is 1.46 bits per heavy atom. The van der Waals surface area contributed by atoms with Gasteiger partial charge in [0.15, 0.2) is 0 Å². The van der Waals surface area contributed by atoms with E-state index in [1.54, 1.807) is 61.5 Å². The van der Waals surface area contributed by atoms with Crippen LogP contribution in [0.15, 0.2) is 83.8 Å². The molecule has 0 fully saturated rings. The minimum Gasteiger partial charge on any atom is -0.350 e. The molecule has 9 heteroatoms. The fourth-order valence-corrected chi connectivity index (χ4v) is 5.82. The van der Waals surface area contributed by atoms with Crippen LogP contribution < -0.4 is 9.62 Å². The highest BCUT2D eigenvalue weighted by Crippen LogP contribution is 2.28. The lowest BCUT2D eigenvalue weighted by Crippen LogP contribution is -2.54. The molecule has 0 spiro atoms. The van der Waals surface area contributed by atoms with Crippen molar-refractivity contribution in [3.05, 3.63) is 95.0 Å². The smallest absolute Gasteiger partial charge is 0.264 e. The number of nitrogens with one attached hydrogen (secondary N) is 1. The zero-order valence-electron chi connectivity index (χ0n) is 23.0. The Bertz CT molecular complexity index is 1400. The summed E-state index contributed by atoms with van der Waals surface area (Å²) in [5.41, 5.74) is 1.32. The summed E-state index contributed by atoms with van der Waals surface area (Å²) in [6.07, 6.45) is 0.568. The van der Waals surface area contributed by atoms with Gasteiger partial charge in [0, 0.05) is 17.1 Å². The van der Waals surface area contributed by atoms with Gasteiger partial charge in [0.1, 0.15) is 12.6 Å². The lowest BCUT2D eigenvalue weighted by atomic mass is 10.1. The van der Waals surface area contributed by atoms with Crippen LogP contribution in [0.3, 0.4) is 0 Å². The Kier molecular flexibility index (Phi) is 9.80. The summed E-state index contributed by atoms with van der Waals surface area (Å²) in [4.78, 5) is 28.7. The third kappa shape index (κ3) is 7.61. The van der Waals surface area contributed by atoms with Gasteiger partial charge in [-0.25, -0.2) is 8.42 Å². The number of para-hydroxylation sites is 1. The Labute approximate surface area is 236 Å². The maximum atomic E-state index is 14.0. The summed E-state index contributed by atoms with van der Waals surface area (Å²) >= 11 is 6.41. The van der Waals surface area contributed by atoms with E-state index in [4.69, 9.17) is 11.6 Å². The minimum atomic E-state index is -4.11.